The minimum absolute atomic E-state index is 0.177. The molecule has 1 saturated heterocycles. The van der Waals surface area contributed by atoms with Crippen LogP contribution in [0.25, 0.3) is 0 Å². The van der Waals surface area contributed by atoms with Gasteiger partial charge in [0.25, 0.3) is 10.0 Å². The highest BCUT2D eigenvalue weighted by atomic mass is 32.2. The standard InChI is InChI=1S/C22H25N3O6S/c1-29-17-12-19(31-3)18(30-2)11-14(17)13-23-22(26)16-8-6-10-25(16)21-15-7-4-5-9-20(15)32(27,28)24-21/h4-5,7,9,11-12,16H,6,8,10,13H2,1-3H3,(H,23,26)/t16-/m0/s1. The molecule has 1 atom stereocenters. The van der Waals surface area contributed by atoms with Crippen molar-refractivity contribution in [1.29, 1.82) is 0 Å². The van der Waals surface area contributed by atoms with E-state index in [2.05, 4.69) is 9.71 Å². The highest BCUT2D eigenvalue weighted by molar-refractivity contribution is 7.90. The Labute approximate surface area is 187 Å². The molecule has 4 rings (SSSR count). The van der Waals surface area contributed by atoms with Crippen LogP contribution in [0.15, 0.2) is 45.7 Å². The summed E-state index contributed by atoms with van der Waals surface area (Å²) in [6, 6.07) is 9.64. The first kappa shape index (κ1) is 21.9. The quantitative estimate of drug-likeness (QED) is 0.704. The molecule has 1 amide bonds. The molecular formula is C22H25N3O6S. The first-order chi connectivity index (χ1) is 15.4. The van der Waals surface area contributed by atoms with Crippen LogP contribution in [0.5, 0.6) is 17.2 Å². The number of sulfonamides is 1. The smallest absolute Gasteiger partial charge is 0.285 e. The number of nitrogens with one attached hydrogen (secondary N) is 1. The summed E-state index contributed by atoms with van der Waals surface area (Å²) < 4.78 is 44.9. The van der Waals surface area contributed by atoms with Crippen LogP contribution in [0.4, 0.5) is 0 Å². The number of amidine groups is 1. The minimum Gasteiger partial charge on any atom is -0.496 e. The lowest BCUT2D eigenvalue weighted by Crippen LogP contribution is -2.45. The number of ether oxygens (including phenoxy) is 3. The van der Waals surface area contributed by atoms with E-state index in [-0.39, 0.29) is 17.3 Å². The van der Waals surface area contributed by atoms with Crippen molar-refractivity contribution in [2.45, 2.75) is 30.3 Å². The van der Waals surface area contributed by atoms with Crippen LogP contribution in [0, 0.1) is 0 Å². The predicted molar refractivity (Wildman–Crippen MR) is 118 cm³/mol. The van der Waals surface area contributed by atoms with Crippen molar-refractivity contribution in [3.05, 3.63) is 47.5 Å². The van der Waals surface area contributed by atoms with Crippen molar-refractivity contribution in [3.63, 3.8) is 0 Å². The number of benzene rings is 2. The van der Waals surface area contributed by atoms with E-state index < -0.39 is 16.1 Å². The molecule has 0 aromatic heterocycles. The number of nitrogens with zero attached hydrogens (tertiary/aromatic N) is 2. The van der Waals surface area contributed by atoms with Gasteiger partial charge >= 0.3 is 0 Å². The minimum atomic E-state index is -3.75. The molecule has 170 valence electrons. The summed E-state index contributed by atoms with van der Waals surface area (Å²) in [5.41, 5.74) is 1.27. The summed E-state index contributed by atoms with van der Waals surface area (Å²) in [4.78, 5) is 15.0. The Kier molecular flexibility index (Phi) is 5.96. The van der Waals surface area contributed by atoms with Crippen LogP contribution in [-0.4, -0.2) is 59.0 Å². The maximum atomic E-state index is 13.1. The average Bonchev–Trinajstić information content (AvgIpc) is 3.39. The number of carbonyl (C=O) groups excluding carboxylic acids is 1. The third-order valence-electron chi connectivity index (χ3n) is 5.68. The van der Waals surface area contributed by atoms with Gasteiger partial charge in [0.15, 0.2) is 17.3 Å². The van der Waals surface area contributed by atoms with Crippen LogP contribution >= 0.6 is 0 Å². The molecule has 0 unspecified atom stereocenters. The van der Waals surface area contributed by atoms with Gasteiger partial charge in [-0.1, -0.05) is 12.1 Å². The van der Waals surface area contributed by atoms with E-state index in [1.807, 2.05) is 0 Å². The topological polar surface area (TPSA) is 107 Å². The monoisotopic (exact) mass is 459 g/mol. The Balaban J connectivity index is 1.54. The van der Waals surface area contributed by atoms with Gasteiger partial charge in [0.2, 0.25) is 5.91 Å². The fourth-order valence-electron chi connectivity index (χ4n) is 4.12. The van der Waals surface area contributed by atoms with Crippen molar-refractivity contribution in [1.82, 2.24) is 10.2 Å². The maximum Gasteiger partial charge on any atom is 0.285 e. The first-order valence-corrected chi connectivity index (χ1v) is 11.6. The van der Waals surface area contributed by atoms with Crippen molar-refractivity contribution in [2.75, 3.05) is 27.9 Å². The molecule has 2 aromatic carbocycles. The third kappa shape index (κ3) is 3.86. The van der Waals surface area contributed by atoms with Gasteiger partial charge in [0.1, 0.15) is 16.7 Å². The molecule has 0 saturated carbocycles. The van der Waals surface area contributed by atoms with Gasteiger partial charge < -0.3 is 24.4 Å². The zero-order valence-electron chi connectivity index (χ0n) is 18.1. The van der Waals surface area contributed by atoms with Crippen LogP contribution in [-0.2, 0) is 21.4 Å². The molecule has 1 fully saturated rings. The highest BCUT2D eigenvalue weighted by Gasteiger charge is 2.39. The second kappa shape index (κ2) is 8.70. The van der Waals surface area contributed by atoms with Gasteiger partial charge in [0.05, 0.1) is 21.3 Å². The van der Waals surface area contributed by atoms with Crippen molar-refractivity contribution in [3.8, 4) is 17.2 Å². The number of methoxy groups -OCH3 is 3. The van der Waals surface area contributed by atoms with Crippen LogP contribution in [0.3, 0.4) is 0 Å². The van der Waals surface area contributed by atoms with Gasteiger partial charge in [-0.3, -0.25) is 4.79 Å². The molecular weight excluding hydrogens is 434 g/mol. The average molecular weight is 460 g/mol. The molecule has 2 aliphatic rings. The van der Waals surface area contributed by atoms with Crippen LogP contribution in [0.1, 0.15) is 24.0 Å². The summed E-state index contributed by atoms with van der Waals surface area (Å²) in [5, 5.41) is 2.94. The molecule has 10 heteroatoms. The number of carbonyl (C=O) groups is 1. The van der Waals surface area contributed by atoms with Crippen molar-refractivity contribution >= 4 is 21.8 Å². The third-order valence-corrected chi connectivity index (χ3v) is 7.00. The predicted octanol–water partition coefficient (Wildman–Crippen LogP) is 1.94. The second-order valence-corrected chi connectivity index (χ2v) is 9.05. The molecule has 0 bridgehead atoms. The molecule has 0 spiro atoms. The number of hydrogen-bond donors (Lipinski definition) is 1. The van der Waals surface area contributed by atoms with E-state index in [9.17, 15) is 13.2 Å². The van der Waals surface area contributed by atoms with E-state index in [0.29, 0.717) is 41.6 Å². The fourth-order valence-corrected chi connectivity index (χ4v) is 5.34. The zero-order valence-corrected chi connectivity index (χ0v) is 18.9. The molecule has 0 aliphatic carbocycles. The number of hydrogen-bond acceptors (Lipinski definition) is 7. The molecule has 32 heavy (non-hydrogen) atoms. The fraction of sp³-hybridized carbons (Fsp3) is 0.364. The lowest BCUT2D eigenvalue weighted by atomic mass is 10.1. The summed E-state index contributed by atoms with van der Waals surface area (Å²) in [7, 11) is 0.874. The Morgan fingerprint density at radius 1 is 1.09 bits per heavy atom. The number of amides is 1. The SMILES string of the molecule is COc1cc(OC)c(OC)cc1CNC(=O)[C@@H]1CCCN1C1=NS(=O)(=O)c2ccccc21. The number of likely N-dealkylation sites (tertiary alicyclic amines) is 1. The molecule has 2 heterocycles. The lowest BCUT2D eigenvalue weighted by Gasteiger charge is -2.25. The van der Waals surface area contributed by atoms with E-state index in [4.69, 9.17) is 14.2 Å². The van der Waals surface area contributed by atoms with Gasteiger partial charge in [0, 0.05) is 30.3 Å². The summed E-state index contributed by atoms with van der Waals surface area (Å²) in [6.45, 7) is 0.772. The molecule has 1 N–H and O–H groups in total. The van der Waals surface area contributed by atoms with Gasteiger partial charge in [-0.15, -0.1) is 4.40 Å². The number of fused-ring (bicyclic) bond motifs is 1. The summed E-state index contributed by atoms with van der Waals surface area (Å²) >= 11 is 0. The Morgan fingerprint density at radius 3 is 2.50 bits per heavy atom. The van der Waals surface area contributed by atoms with Crippen LogP contribution < -0.4 is 19.5 Å². The first-order valence-electron chi connectivity index (χ1n) is 10.2. The second-order valence-electron chi connectivity index (χ2n) is 7.47. The lowest BCUT2D eigenvalue weighted by molar-refractivity contribution is -0.124. The Hall–Kier alpha value is -3.27. The van der Waals surface area contributed by atoms with E-state index in [1.54, 1.807) is 42.3 Å². The molecule has 0 radical (unpaired) electrons. The van der Waals surface area contributed by atoms with E-state index in [0.717, 1.165) is 12.0 Å². The van der Waals surface area contributed by atoms with Crippen molar-refractivity contribution < 1.29 is 27.4 Å². The normalized spacial score (nSPS) is 18.7. The summed E-state index contributed by atoms with van der Waals surface area (Å²) in [5.74, 6) is 1.75. The van der Waals surface area contributed by atoms with Crippen molar-refractivity contribution in [2.24, 2.45) is 4.40 Å². The molecule has 2 aromatic rings. The largest absolute Gasteiger partial charge is 0.496 e. The summed E-state index contributed by atoms with van der Waals surface area (Å²) in [6.07, 6.45) is 1.37. The Morgan fingerprint density at radius 2 is 1.78 bits per heavy atom. The maximum absolute atomic E-state index is 13.1. The van der Waals surface area contributed by atoms with Crippen LogP contribution in [0.2, 0.25) is 0 Å². The van der Waals surface area contributed by atoms with Gasteiger partial charge in [-0.05, 0) is 31.0 Å². The molecule has 9 nitrogen and oxygen atoms in total. The van der Waals surface area contributed by atoms with E-state index >= 15 is 0 Å². The van der Waals surface area contributed by atoms with Gasteiger partial charge in [-0.25, -0.2) is 0 Å². The Bertz CT molecular complexity index is 1180. The zero-order chi connectivity index (χ0) is 22.9. The molecule has 2 aliphatic heterocycles. The van der Waals surface area contributed by atoms with Gasteiger partial charge in [-0.2, -0.15) is 8.42 Å². The number of rotatable bonds is 6. The highest BCUT2D eigenvalue weighted by Crippen LogP contribution is 2.35. The van der Waals surface area contributed by atoms with E-state index in [1.165, 1.54) is 20.3 Å².